The first kappa shape index (κ1) is 15.5. The van der Waals surface area contributed by atoms with E-state index in [9.17, 15) is 23.1 Å². The summed E-state index contributed by atoms with van der Waals surface area (Å²) in [4.78, 5) is 24.0. The summed E-state index contributed by atoms with van der Waals surface area (Å²) in [5.41, 5.74) is -0.182. The number of carboxylic acid groups (broad SMARTS) is 1. The van der Waals surface area contributed by atoms with Crippen LogP contribution in [0.4, 0.5) is 0 Å². The second kappa shape index (κ2) is 5.86. The summed E-state index contributed by atoms with van der Waals surface area (Å²) in [7, 11) is -3.94. The van der Waals surface area contributed by atoms with Crippen LogP contribution in [0, 0.1) is 0 Å². The maximum absolute atomic E-state index is 12.5. The SMILES string of the molecule is O=C(O)C(=O)C=C(O)c1cc[nH]c1S(=O)(=O)c1ccccc1. The summed E-state index contributed by atoms with van der Waals surface area (Å²) in [5.74, 6) is -3.86. The number of carbonyl (C=O) groups excluding carboxylic acids is 1. The molecule has 1 heterocycles. The van der Waals surface area contributed by atoms with Gasteiger partial charge in [-0.3, -0.25) is 4.79 Å². The van der Waals surface area contributed by atoms with Crippen LogP contribution in [0.3, 0.4) is 0 Å². The van der Waals surface area contributed by atoms with Crippen molar-refractivity contribution in [2.24, 2.45) is 0 Å². The second-order valence-electron chi connectivity index (χ2n) is 4.24. The minimum Gasteiger partial charge on any atom is -0.507 e. The van der Waals surface area contributed by atoms with E-state index in [0.717, 1.165) is 0 Å². The van der Waals surface area contributed by atoms with E-state index in [2.05, 4.69) is 4.98 Å². The summed E-state index contributed by atoms with van der Waals surface area (Å²) in [5, 5.41) is 18.0. The zero-order valence-electron chi connectivity index (χ0n) is 11.1. The number of ketones is 1. The number of H-pyrrole nitrogens is 1. The van der Waals surface area contributed by atoms with Gasteiger partial charge in [-0.1, -0.05) is 18.2 Å². The predicted molar refractivity (Wildman–Crippen MR) is 75.9 cm³/mol. The number of aromatic nitrogens is 1. The lowest BCUT2D eigenvalue weighted by Crippen LogP contribution is -2.10. The van der Waals surface area contributed by atoms with E-state index in [0.29, 0.717) is 6.08 Å². The molecule has 0 spiro atoms. The van der Waals surface area contributed by atoms with Gasteiger partial charge in [0, 0.05) is 12.3 Å². The van der Waals surface area contributed by atoms with Crippen LogP contribution in [0.25, 0.3) is 5.76 Å². The molecule has 0 fully saturated rings. The summed E-state index contributed by atoms with van der Waals surface area (Å²) in [6.45, 7) is 0. The van der Waals surface area contributed by atoms with Gasteiger partial charge in [-0.15, -0.1) is 0 Å². The standard InChI is InChI=1S/C14H11NO6S/c16-11(8-12(17)14(18)19)10-6-7-15-13(10)22(20,21)9-4-2-1-3-5-9/h1-8,15-16H,(H,18,19). The van der Waals surface area contributed by atoms with Crippen LogP contribution in [-0.4, -0.2) is 35.4 Å². The molecule has 1 aromatic carbocycles. The molecular formula is C14H11NO6S. The number of aliphatic hydroxyl groups is 1. The second-order valence-corrected chi connectivity index (χ2v) is 6.12. The number of sulfone groups is 1. The van der Waals surface area contributed by atoms with Gasteiger partial charge in [-0.25, -0.2) is 13.2 Å². The van der Waals surface area contributed by atoms with E-state index in [1.165, 1.54) is 24.4 Å². The Morgan fingerprint density at radius 2 is 1.68 bits per heavy atom. The number of aromatic amines is 1. The van der Waals surface area contributed by atoms with E-state index in [1.54, 1.807) is 18.2 Å². The number of benzene rings is 1. The Morgan fingerprint density at radius 1 is 1.05 bits per heavy atom. The fourth-order valence-corrected chi connectivity index (χ4v) is 3.20. The van der Waals surface area contributed by atoms with Gasteiger partial charge in [0.25, 0.3) is 5.78 Å². The van der Waals surface area contributed by atoms with Gasteiger partial charge in [0.1, 0.15) is 10.8 Å². The van der Waals surface area contributed by atoms with Gasteiger partial charge in [0.15, 0.2) is 0 Å². The quantitative estimate of drug-likeness (QED) is 0.434. The number of nitrogens with one attached hydrogen (secondary N) is 1. The van der Waals surface area contributed by atoms with Crippen molar-refractivity contribution in [3.63, 3.8) is 0 Å². The number of hydrogen-bond donors (Lipinski definition) is 3. The minimum absolute atomic E-state index is 0.00365. The number of hydrogen-bond acceptors (Lipinski definition) is 5. The van der Waals surface area contributed by atoms with Crippen molar-refractivity contribution in [3.8, 4) is 0 Å². The molecule has 0 saturated carbocycles. The zero-order valence-corrected chi connectivity index (χ0v) is 11.9. The number of aliphatic hydroxyl groups excluding tert-OH is 1. The third-order valence-corrected chi connectivity index (χ3v) is 4.55. The molecule has 0 aliphatic heterocycles. The number of rotatable bonds is 5. The van der Waals surface area contributed by atoms with E-state index in [-0.39, 0.29) is 15.5 Å². The summed E-state index contributed by atoms with van der Waals surface area (Å²) < 4.78 is 24.9. The van der Waals surface area contributed by atoms with Crippen molar-refractivity contribution in [3.05, 3.63) is 54.2 Å². The average Bonchev–Trinajstić information content (AvgIpc) is 2.98. The molecule has 2 rings (SSSR count). The van der Waals surface area contributed by atoms with Gasteiger partial charge in [-0.2, -0.15) is 0 Å². The van der Waals surface area contributed by atoms with E-state index < -0.39 is 27.3 Å². The third-order valence-electron chi connectivity index (χ3n) is 2.79. The third kappa shape index (κ3) is 2.91. The van der Waals surface area contributed by atoms with E-state index >= 15 is 0 Å². The molecule has 114 valence electrons. The average molecular weight is 321 g/mol. The van der Waals surface area contributed by atoms with Crippen LogP contribution in [0.15, 0.2) is 58.6 Å². The van der Waals surface area contributed by atoms with Crippen LogP contribution in [0.1, 0.15) is 5.56 Å². The maximum atomic E-state index is 12.5. The zero-order chi connectivity index (χ0) is 16.3. The molecule has 8 heteroatoms. The largest absolute Gasteiger partial charge is 0.507 e. The Hall–Kier alpha value is -2.87. The Balaban J connectivity index is 2.51. The summed E-state index contributed by atoms with van der Waals surface area (Å²) in [6, 6.07) is 8.72. The van der Waals surface area contributed by atoms with E-state index in [4.69, 9.17) is 5.11 Å². The monoisotopic (exact) mass is 321 g/mol. The van der Waals surface area contributed by atoms with Crippen molar-refractivity contribution in [1.29, 1.82) is 0 Å². The predicted octanol–water partition coefficient (Wildman–Crippen LogP) is 1.40. The van der Waals surface area contributed by atoms with Gasteiger partial charge in [-0.05, 0) is 18.2 Å². The van der Waals surface area contributed by atoms with Crippen molar-refractivity contribution in [2.75, 3.05) is 0 Å². The lowest BCUT2D eigenvalue weighted by Gasteiger charge is -2.05. The molecule has 0 unspecified atom stereocenters. The highest BCUT2D eigenvalue weighted by molar-refractivity contribution is 7.91. The van der Waals surface area contributed by atoms with E-state index in [1.807, 2.05) is 0 Å². The number of aliphatic carboxylic acids is 1. The Kier molecular flexibility index (Phi) is 4.13. The van der Waals surface area contributed by atoms with Gasteiger partial charge >= 0.3 is 5.97 Å². The maximum Gasteiger partial charge on any atom is 0.376 e. The first-order valence-electron chi connectivity index (χ1n) is 6.00. The Bertz CT molecular complexity index is 848. The number of carbonyl (C=O) groups is 2. The first-order chi connectivity index (χ1) is 10.3. The van der Waals surface area contributed by atoms with Crippen molar-refractivity contribution in [2.45, 2.75) is 9.92 Å². The molecule has 0 radical (unpaired) electrons. The topological polar surface area (TPSA) is 125 Å². The van der Waals surface area contributed by atoms with Crippen molar-refractivity contribution in [1.82, 2.24) is 4.98 Å². The van der Waals surface area contributed by atoms with Crippen LogP contribution in [0.5, 0.6) is 0 Å². The fraction of sp³-hybridized carbons (Fsp3) is 0. The lowest BCUT2D eigenvalue weighted by atomic mass is 10.2. The molecule has 0 atom stereocenters. The number of carboxylic acids is 1. The lowest BCUT2D eigenvalue weighted by molar-refractivity contribution is -0.146. The summed E-state index contributed by atoms with van der Waals surface area (Å²) >= 11 is 0. The molecular weight excluding hydrogens is 310 g/mol. The summed E-state index contributed by atoms with van der Waals surface area (Å²) in [6.07, 6.45) is 1.72. The Morgan fingerprint density at radius 3 is 2.27 bits per heavy atom. The van der Waals surface area contributed by atoms with Crippen molar-refractivity contribution < 1.29 is 28.2 Å². The normalized spacial score (nSPS) is 12.1. The van der Waals surface area contributed by atoms with Crippen LogP contribution >= 0.6 is 0 Å². The molecule has 22 heavy (non-hydrogen) atoms. The molecule has 7 nitrogen and oxygen atoms in total. The molecule has 1 aromatic heterocycles. The molecule has 0 aliphatic carbocycles. The molecule has 0 aliphatic rings. The highest BCUT2D eigenvalue weighted by atomic mass is 32.2. The first-order valence-corrected chi connectivity index (χ1v) is 7.48. The smallest absolute Gasteiger partial charge is 0.376 e. The molecule has 0 amide bonds. The highest BCUT2D eigenvalue weighted by Gasteiger charge is 2.24. The minimum atomic E-state index is -3.94. The van der Waals surface area contributed by atoms with Gasteiger partial charge in [0.2, 0.25) is 9.84 Å². The molecule has 0 bridgehead atoms. The Labute approximate surface area is 125 Å². The van der Waals surface area contributed by atoms with Crippen LogP contribution in [-0.2, 0) is 19.4 Å². The van der Waals surface area contributed by atoms with Gasteiger partial charge in [0.05, 0.1) is 10.5 Å². The van der Waals surface area contributed by atoms with Crippen molar-refractivity contribution >= 4 is 27.3 Å². The highest BCUT2D eigenvalue weighted by Crippen LogP contribution is 2.26. The molecule has 3 N–H and O–H groups in total. The van der Waals surface area contributed by atoms with Gasteiger partial charge < -0.3 is 15.2 Å². The fourth-order valence-electron chi connectivity index (χ4n) is 1.76. The molecule has 2 aromatic rings. The molecule has 0 saturated heterocycles. The van der Waals surface area contributed by atoms with Crippen LogP contribution in [0.2, 0.25) is 0 Å². The van der Waals surface area contributed by atoms with Crippen LogP contribution < -0.4 is 0 Å².